The Bertz CT molecular complexity index is 393. The van der Waals surface area contributed by atoms with E-state index in [2.05, 4.69) is 0 Å². The highest BCUT2D eigenvalue weighted by molar-refractivity contribution is 6.31. The lowest BCUT2D eigenvalue weighted by Crippen LogP contribution is -2.05. The van der Waals surface area contributed by atoms with Crippen LogP contribution in [0.3, 0.4) is 0 Å². The van der Waals surface area contributed by atoms with Crippen molar-refractivity contribution in [2.24, 2.45) is 0 Å². The molecule has 0 aromatic heterocycles. The van der Waals surface area contributed by atoms with E-state index in [1.54, 1.807) is 0 Å². The maximum atomic E-state index is 13.5. The van der Waals surface area contributed by atoms with Crippen LogP contribution >= 0.6 is 11.6 Å². The topological polar surface area (TPSA) is 20.2 Å². The zero-order chi connectivity index (χ0) is 11.0. The summed E-state index contributed by atoms with van der Waals surface area (Å²) in [6.45, 7) is 0. The lowest BCUT2D eigenvalue weighted by atomic mass is 10.00. The lowest BCUT2D eigenvalue weighted by Gasteiger charge is -2.14. The van der Waals surface area contributed by atoms with Gasteiger partial charge in [0, 0.05) is 10.6 Å². The molecule has 0 saturated heterocycles. The molecule has 1 nitrogen and oxygen atoms in total. The van der Waals surface area contributed by atoms with Crippen molar-refractivity contribution in [2.75, 3.05) is 0 Å². The Morgan fingerprint density at radius 2 is 2.07 bits per heavy atom. The molecule has 1 atom stereocenters. The predicted octanol–water partition coefficient (Wildman–Crippen LogP) is 3.38. The molecule has 1 aliphatic carbocycles. The first-order valence-corrected chi connectivity index (χ1v) is 5.33. The van der Waals surface area contributed by atoms with Gasteiger partial charge in [0.2, 0.25) is 0 Å². The van der Waals surface area contributed by atoms with Gasteiger partial charge in [-0.05, 0) is 30.9 Å². The van der Waals surface area contributed by atoms with Crippen molar-refractivity contribution in [3.05, 3.63) is 33.9 Å². The summed E-state index contributed by atoms with van der Waals surface area (Å²) in [5.74, 6) is -1.94. The molecular weight excluding hydrogens is 222 g/mol. The second kappa shape index (κ2) is 4.06. The third-order valence-corrected chi connectivity index (χ3v) is 3.14. The largest absolute Gasteiger partial charge is 0.388 e. The molecule has 1 aromatic rings. The fraction of sp³-hybridized carbons (Fsp3) is 0.455. The number of aliphatic hydroxyl groups excluding tert-OH is 1. The van der Waals surface area contributed by atoms with Crippen LogP contribution in [0, 0.1) is 11.6 Å². The minimum atomic E-state index is -0.986. The highest BCUT2D eigenvalue weighted by atomic mass is 35.5. The van der Waals surface area contributed by atoms with E-state index in [0.717, 1.165) is 18.9 Å². The fourth-order valence-electron chi connectivity index (χ4n) is 2.04. The van der Waals surface area contributed by atoms with Gasteiger partial charge in [-0.15, -0.1) is 0 Å². The summed E-state index contributed by atoms with van der Waals surface area (Å²) in [5.41, 5.74) is 0.609. The summed E-state index contributed by atoms with van der Waals surface area (Å²) in [5, 5.41) is 9.92. The summed E-state index contributed by atoms with van der Waals surface area (Å²) in [6.07, 6.45) is 1.77. The molecule has 2 rings (SSSR count). The molecule has 0 saturated carbocycles. The first kappa shape index (κ1) is 10.8. The van der Waals surface area contributed by atoms with Gasteiger partial charge in [-0.2, -0.15) is 0 Å². The molecule has 0 bridgehead atoms. The summed E-state index contributed by atoms with van der Waals surface area (Å²) in [7, 11) is 0. The van der Waals surface area contributed by atoms with Crippen LogP contribution < -0.4 is 0 Å². The van der Waals surface area contributed by atoms with E-state index < -0.39 is 17.7 Å². The molecule has 0 fully saturated rings. The molecule has 0 heterocycles. The van der Waals surface area contributed by atoms with Crippen molar-refractivity contribution in [1.29, 1.82) is 0 Å². The summed E-state index contributed by atoms with van der Waals surface area (Å²) in [4.78, 5) is 0. The quantitative estimate of drug-likeness (QED) is 0.537. The van der Waals surface area contributed by atoms with Crippen LogP contribution in [0.1, 0.15) is 36.5 Å². The first-order chi connectivity index (χ1) is 7.11. The second-order valence-electron chi connectivity index (χ2n) is 3.81. The van der Waals surface area contributed by atoms with Crippen LogP contribution in [0.25, 0.3) is 0 Å². The molecule has 15 heavy (non-hydrogen) atoms. The van der Waals surface area contributed by atoms with Crippen LogP contribution in [0.5, 0.6) is 0 Å². The Morgan fingerprint density at radius 3 is 2.80 bits per heavy atom. The molecule has 4 heteroatoms. The van der Waals surface area contributed by atoms with Crippen molar-refractivity contribution in [2.45, 2.75) is 31.8 Å². The molecule has 1 unspecified atom stereocenters. The van der Waals surface area contributed by atoms with Gasteiger partial charge >= 0.3 is 0 Å². The van der Waals surface area contributed by atoms with Crippen LogP contribution in [0.2, 0.25) is 5.02 Å². The Balaban J connectivity index is 2.63. The molecule has 0 aliphatic heterocycles. The number of rotatable bonds is 0. The molecule has 0 amide bonds. The van der Waals surface area contributed by atoms with E-state index in [-0.39, 0.29) is 10.6 Å². The normalized spacial score (nSPS) is 20.9. The van der Waals surface area contributed by atoms with Crippen LogP contribution in [-0.2, 0) is 6.42 Å². The van der Waals surface area contributed by atoms with E-state index in [1.165, 1.54) is 0 Å². The highest BCUT2D eigenvalue weighted by Gasteiger charge is 2.25. The zero-order valence-corrected chi connectivity index (χ0v) is 8.82. The number of halogens is 3. The highest BCUT2D eigenvalue weighted by Crippen LogP contribution is 2.35. The van der Waals surface area contributed by atoms with Crippen LogP contribution in [-0.4, -0.2) is 5.11 Å². The smallest absolute Gasteiger partial charge is 0.164 e. The Morgan fingerprint density at radius 1 is 1.33 bits per heavy atom. The standard InChI is InChI=1S/C11H11ClF2O/c12-7-5-8(13)11(14)10-6(7)3-1-2-4-9(10)15/h5,9,15H,1-4H2. The molecule has 1 N–H and O–H groups in total. The average molecular weight is 233 g/mol. The molecule has 1 aliphatic rings. The molecule has 1 aromatic carbocycles. The van der Waals surface area contributed by atoms with Gasteiger partial charge in [0.15, 0.2) is 11.6 Å². The lowest BCUT2D eigenvalue weighted by molar-refractivity contribution is 0.161. The third-order valence-electron chi connectivity index (χ3n) is 2.80. The average Bonchev–Trinajstić information content (AvgIpc) is 2.37. The van der Waals surface area contributed by atoms with Crippen molar-refractivity contribution < 1.29 is 13.9 Å². The van der Waals surface area contributed by atoms with Gasteiger partial charge in [-0.1, -0.05) is 18.0 Å². The second-order valence-corrected chi connectivity index (χ2v) is 4.22. The van der Waals surface area contributed by atoms with Gasteiger partial charge < -0.3 is 5.11 Å². The van der Waals surface area contributed by atoms with Gasteiger partial charge in [0.1, 0.15) is 0 Å². The summed E-state index contributed by atoms with van der Waals surface area (Å²) in [6, 6.07) is 0.980. The molecular formula is C11H11ClF2O. The van der Waals surface area contributed by atoms with Crippen molar-refractivity contribution in [3.63, 3.8) is 0 Å². The Kier molecular flexibility index (Phi) is 2.94. The fourth-order valence-corrected chi connectivity index (χ4v) is 2.33. The Hall–Kier alpha value is -0.670. The van der Waals surface area contributed by atoms with E-state index in [9.17, 15) is 13.9 Å². The van der Waals surface area contributed by atoms with Crippen molar-refractivity contribution >= 4 is 11.6 Å². The maximum Gasteiger partial charge on any atom is 0.164 e. The van der Waals surface area contributed by atoms with E-state index in [0.29, 0.717) is 18.4 Å². The van der Waals surface area contributed by atoms with Gasteiger partial charge in [0.05, 0.1) is 6.10 Å². The third kappa shape index (κ3) is 1.86. The van der Waals surface area contributed by atoms with Gasteiger partial charge in [0.25, 0.3) is 0 Å². The molecule has 0 radical (unpaired) electrons. The van der Waals surface area contributed by atoms with E-state index in [4.69, 9.17) is 11.6 Å². The molecule has 82 valence electrons. The SMILES string of the molecule is OC1CCCCc2c(Cl)cc(F)c(F)c21. The number of hydrogen-bond donors (Lipinski definition) is 1. The minimum absolute atomic E-state index is 0.0532. The molecule has 0 spiro atoms. The number of hydrogen-bond acceptors (Lipinski definition) is 1. The van der Waals surface area contributed by atoms with Gasteiger partial charge in [-0.25, -0.2) is 8.78 Å². The van der Waals surface area contributed by atoms with E-state index in [1.807, 2.05) is 0 Å². The van der Waals surface area contributed by atoms with Crippen LogP contribution in [0.4, 0.5) is 8.78 Å². The first-order valence-electron chi connectivity index (χ1n) is 4.95. The zero-order valence-electron chi connectivity index (χ0n) is 8.06. The Labute approximate surface area is 91.7 Å². The van der Waals surface area contributed by atoms with E-state index >= 15 is 0 Å². The summed E-state index contributed by atoms with van der Waals surface area (Å²) < 4.78 is 26.6. The minimum Gasteiger partial charge on any atom is -0.388 e. The summed E-state index contributed by atoms with van der Waals surface area (Å²) >= 11 is 5.84. The number of fused-ring (bicyclic) bond motifs is 1. The number of aliphatic hydroxyl groups is 1. The number of benzene rings is 1. The van der Waals surface area contributed by atoms with Crippen molar-refractivity contribution in [1.82, 2.24) is 0 Å². The predicted molar refractivity (Wildman–Crippen MR) is 53.9 cm³/mol. The van der Waals surface area contributed by atoms with Gasteiger partial charge in [-0.3, -0.25) is 0 Å². The van der Waals surface area contributed by atoms with Crippen molar-refractivity contribution in [3.8, 4) is 0 Å². The van der Waals surface area contributed by atoms with Crippen LogP contribution in [0.15, 0.2) is 6.07 Å². The maximum absolute atomic E-state index is 13.5. The monoisotopic (exact) mass is 232 g/mol.